The van der Waals surface area contributed by atoms with Crippen molar-refractivity contribution >= 4 is 11.8 Å². The second kappa shape index (κ2) is 7.16. The molecule has 128 valence electrons. The lowest BCUT2D eigenvalue weighted by atomic mass is 9.85. The summed E-state index contributed by atoms with van der Waals surface area (Å²) in [5.41, 5.74) is 2.88. The van der Waals surface area contributed by atoms with E-state index in [1.807, 2.05) is 4.68 Å². The molecule has 4 nitrogen and oxygen atoms in total. The van der Waals surface area contributed by atoms with Crippen LogP contribution in [0.25, 0.3) is 0 Å². The van der Waals surface area contributed by atoms with E-state index in [1.54, 1.807) is 0 Å². The largest absolute Gasteiger partial charge is 0.380 e. The van der Waals surface area contributed by atoms with Gasteiger partial charge in [-0.1, -0.05) is 19.3 Å². The Morgan fingerprint density at radius 1 is 1.26 bits per heavy atom. The SMILES string of the molecule is Cn1cc(CN2CCS[C@@H]3COCC[C@@H]32)c(C2CCCCC2)n1. The van der Waals surface area contributed by atoms with E-state index >= 15 is 0 Å². The molecule has 1 aromatic rings. The number of rotatable bonds is 3. The van der Waals surface area contributed by atoms with Crippen LogP contribution in [0, 0.1) is 0 Å². The van der Waals surface area contributed by atoms with Gasteiger partial charge in [0.05, 0.1) is 12.3 Å². The maximum Gasteiger partial charge on any atom is 0.0700 e. The molecule has 4 rings (SSSR count). The average molecular weight is 336 g/mol. The van der Waals surface area contributed by atoms with Gasteiger partial charge in [0.15, 0.2) is 0 Å². The van der Waals surface area contributed by atoms with Gasteiger partial charge in [0, 0.05) is 61.5 Å². The van der Waals surface area contributed by atoms with E-state index in [1.165, 1.54) is 62.1 Å². The van der Waals surface area contributed by atoms with Crippen LogP contribution in [0.3, 0.4) is 0 Å². The summed E-state index contributed by atoms with van der Waals surface area (Å²) in [7, 11) is 2.08. The van der Waals surface area contributed by atoms with Crippen LogP contribution in [0.5, 0.6) is 0 Å². The lowest BCUT2D eigenvalue weighted by molar-refractivity contribution is 0.0350. The molecule has 0 unspecified atom stereocenters. The van der Waals surface area contributed by atoms with Gasteiger partial charge < -0.3 is 4.74 Å². The van der Waals surface area contributed by atoms with Gasteiger partial charge >= 0.3 is 0 Å². The zero-order valence-corrected chi connectivity index (χ0v) is 15.1. The van der Waals surface area contributed by atoms with Crippen molar-refractivity contribution in [2.45, 2.75) is 62.3 Å². The van der Waals surface area contributed by atoms with Gasteiger partial charge in [-0.05, 0) is 19.3 Å². The van der Waals surface area contributed by atoms with Gasteiger partial charge in [-0.3, -0.25) is 9.58 Å². The fraction of sp³-hybridized carbons (Fsp3) is 0.833. The van der Waals surface area contributed by atoms with E-state index in [9.17, 15) is 0 Å². The Kier molecular flexibility index (Phi) is 4.97. The summed E-state index contributed by atoms with van der Waals surface area (Å²) in [5, 5.41) is 5.54. The monoisotopic (exact) mass is 335 g/mol. The van der Waals surface area contributed by atoms with Crippen molar-refractivity contribution in [2.75, 3.05) is 25.5 Å². The third-order valence-electron chi connectivity index (χ3n) is 5.75. The Balaban J connectivity index is 1.51. The summed E-state index contributed by atoms with van der Waals surface area (Å²) in [4.78, 5) is 2.72. The Labute approximate surface area is 143 Å². The van der Waals surface area contributed by atoms with Crippen molar-refractivity contribution in [3.63, 3.8) is 0 Å². The molecule has 23 heavy (non-hydrogen) atoms. The van der Waals surface area contributed by atoms with Gasteiger partial charge in [-0.2, -0.15) is 16.9 Å². The normalized spacial score (nSPS) is 30.3. The van der Waals surface area contributed by atoms with Gasteiger partial charge in [0.1, 0.15) is 0 Å². The predicted octanol–water partition coefficient (Wildman–Crippen LogP) is 3.17. The molecular weight excluding hydrogens is 306 g/mol. The molecule has 2 saturated heterocycles. The van der Waals surface area contributed by atoms with Crippen molar-refractivity contribution in [1.82, 2.24) is 14.7 Å². The summed E-state index contributed by atoms with van der Waals surface area (Å²) >= 11 is 2.11. The second-order valence-corrected chi connectivity index (χ2v) is 8.71. The number of aryl methyl sites for hydroxylation is 1. The lowest BCUT2D eigenvalue weighted by Crippen LogP contribution is -2.51. The molecule has 5 heteroatoms. The maximum atomic E-state index is 5.70. The number of hydrogen-bond acceptors (Lipinski definition) is 4. The number of fused-ring (bicyclic) bond motifs is 1. The van der Waals surface area contributed by atoms with Gasteiger partial charge in [0.25, 0.3) is 0 Å². The molecule has 2 atom stereocenters. The molecule has 0 amide bonds. The maximum absolute atomic E-state index is 5.70. The molecule has 1 saturated carbocycles. The molecule has 1 aliphatic carbocycles. The van der Waals surface area contributed by atoms with E-state index in [0.717, 1.165) is 19.8 Å². The third-order valence-corrected chi connectivity index (χ3v) is 7.05. The number of thioether (sulfide) groups is 1. The minimum Gasteiger partial charge on any atom is -0.380 e. The van der Waals surface area contributed by atoms with Crippen LogP contribution in [0.4, 0.5) is 0 Å². The van der Waals surface area contributed by atoms with Crippen LogP contribution in [-0.4, -0.2) is 51.5 Å². The first-order valence-electron chi connectivity index (χ1n) is 9.27. The minimum absolute atomic E-state index is 0.673. The Bertz CT molecular complexity index is 524. The van der Waals surface area contributed by atoms with Crippen LogP contribution >= 0.6 is 11.8 Å². The minimum atomic E-state index is 0.673. The summed E-state index contributed by atoms with van der Waals surface area (Å²) in [6.07, 6.45) is 10.3. The fourth-order valence-corrected chi connectivity index (χ4v) is 5.94. The summed E-state index contributed by atoms with van der Waals surface area (Å²) in [6, 6.07) is 0.696. The quantitative estimate of drug-likeness (QED) is 0.849. The van der Waals surface area contributed by atoms with Crippen molar-refractivity contribution in [3.8, 4) is 0 Å². The van der Waals surface area contributed by atoms with Crippen LogP contribution in [0.15, 0.2) is 6.20 Å². The number of hydrogen-bond donors (Lipinski definition) is 0. The molecular formula is C18H29N3OS. The molecule has 3 aliphatic rings. The summed E-state index contributed by atoms with van der Waals surface area (Å²) in [6.45, 7) is 4.17. The Morgan fingerprint density at radius 2 is 2.13 bits per heavy atom. The Hall–Kier alpha value is -0.520. The van der Waals surface area contributed by atoms with Crippen molar-refractivity contribution < 1.29 is 4.74 Å². The van der Waals surface area contributed by atoms with E-state index in [-0.39, 0.29) is 0 Å². The predicted molar refractivity (Wildman–Crippen MR) is 94.9 cm³/mol. The zero-order chi connectivity index (χ0) is 15.6. The first-order chi connectivity index (χ1) is 11.3. The fourth-order valence-electron chi connectivity index (χ4n) is 4.58. The molecule has 0 bridgehead atoms. The molecule has 3 heterocycles. The first kappa shape index (κ1) is 16.0. The highest BCUT2D eigenvalue weighted by Crippen LogP contribution is 2.36. The lowest BCUT2D eigenvalue weighted by Gasteiger charge is -2.43. The molecule has 0 N–H and O–H groups in total. The third kappa shape index (κ3) is 3.47. The molecule has 2 aliphatic heterocycles. The highest BCUT2D eigenvalue weighted by atomic mass is 32.2. The average Bonchev–Trinajstić information content (AvgIpc) is 2.96. The van der Waals surface area contributed by atoms with Gasteiger partial charge in [-0.25, -0.2) is 0 Å². The highest BCUT2D eigenvalue weighted by Gasteiger charge is 2.35. The smallest absolute Gasteiger partial charge is 0.0700 e. The standard InChI is InChI=1S/C18H29N3OS/c1-20-11-15(18(19-20)14-5-3-2-4-6-14)12-21-8-10-23-17-13-22-9-7-16(17)21/h11,14,16-17H,2-10,12-13H2,1H3/t16-,17+/m0/s1. The zero-order valence-electron chi connectivity index (χ0n) is 14.2. The summed E-state index contributed by atoms with van der Waals surface area (Å²) < 4.78 is 7.74. The van der Waals surface area contributed by atoms with E-state index in [4.69, 9.17) is 9.84 Å². The van der Waals surface area contributed by atoms with Crippen LogP contribution < -0.4 is 0 Å². The van der Waals surface area contributed by atoms with Crippen LogP contribution in [0.1, 0.15) is 55.7 Å². The molecule has 3 fully saturated rings. The van der Waals surface area contributed by atoms with Crippen molar-refractivity contribution in [2.24, 2.45) is 7.05 Å². The summed E-state index contributed by atoms with van der Waals surface area (Å²) in [5.74, 6) is 1.94. The van der Waals surface area contributed by atoms with E-state index in [2.05, 4.69) is 29.9 Å². The van der Waals surface area contributed by atoms with Crippen LogP contribution in [-0.2, 0) is 18.3 Å². The number of nitrogens with zero attached hydrogens (tertiary/aromatic N) is 3. The molecule has 0 aromatic carbocycles. The molecule has 0 radical (unpaired) electrons. The number of ether oxygens (including phenoxy) is 1. The van der Waals surface area contributed by atoms with Crippen molar-refractivity contribution in [3.05, 3.63) is 17.5 Å². The topological polar surface area (TPSA) is 30.3 Å². The van der Waals surface area contributed by atoms with Crippen molar-refractivity contribution in [1.29, 1.82) is 0 Å². The van der Waals surface area contributed by atoms with Gasteiger partial charge in [-0.15, -0.1) is 0 Å². The number of aromatic nitrogens is 2. The highest BCUT2D eigenvalue weighted by molar-refractivity contribution is 8.00. The van der Waals surface area contributed by atoms with E-state index in [0.29, 0.717) is 17.2 Å². The Morgan fingerprint density at radius 3 is 3.00 bits per heavy atom. The molecule has 1 aromatic heterocycles. The van der Waals surface area contributed by atoms with Crippen LogP contribution in [0.2, 0.25) is 0 Å². The molecule has 0 spiro atoms. The second-order valence-electron chi connectivity index (χ2n) is 7.36. The first-order valence-corrected chi connectivity index (χ1v) is 10.3. The van der Waals surface area contributed by atoms with Gasteiger partial charge in [0.2, 0.25) is 0 Å². The van der Waals surface area contributed by atoms with E-state index < -0.39 is 0 Å².